The quantitative estimate of drug-likeness (QED) is 0.760. The van der Waals surface area contributed by atoms with Crippen LogP contribution in [0.4, 0.5) is 14.5 Å². The van der Waals surface area contributed by atoms with Crippen molar-refractivity contribution < 1.29 is 18.3 Å². The Morgan fingerprint density at radius 1 is 1.39 bits per heavy atom. The van der Waals surface area contributed by atoms with Gasteiger partial charge in [0.25, 0.3) is 11.8 Å². The first-order chi connectivity index (χ1) is 13.2. The molecule has 28 heavy (non-hydrogen) atoms. The van der Waals surface area contributed by atoms with Gasteiger partial charge in [-0.25, -0.2) is 18.7 Å². The first-order valence-electron chi connectivity index (χ1n) is 9.23. The van der Waals surface area contributed by atoms with Crippen molar-refractivity contribution in [3.8, 4) is 5.88 Å². The second-order valence-corrected chi connectivity index (χ2v) is 8.80. The highest BCUT2D eigenvalue weighted by atomic mass is 32.1. The van der Waals surface area contributed by atoms with Crippen molar-refractivity contribution in [2.24, 2.45) is 5.92 Å². The zero-order valence-corrected chi connectivity index (χ0v) is 16.6. The minimum absolute atomic E-state index is 0.187. The Bertz CT molecular complexity index is 861. The van der Waals surface area contributed by atoms with Gasteiger partial charge in [-0.3, -0.25) is 4.79 Å². The van der Waals surface area contributed by atoms with Crippen LogP contribution in [0.15, 0.2) is 23.7 Å². The number of thiazole rings is 1. The van der Waals surface area contributed by atoms with Crippen molar-refractivity contribution in [3.63, 3.8) is 0 Å². The first kappa shape index (κ1) is 19.0. The van der Waals surface area contributed by atoms with Gasteiger partial charge in [0, 0.05) is 11.6 Å². The molecule has 150 valence electrons. The molecule has 2 aromatic heterocycles. The van der Waals surface area contributed by atoms with Crippen LogP contribution in [0.25, 0.3) is 0 Å². The molecule has 3 heterocycles. The second kappa shape index (κ2) is 6.95. The topological polar surface area (TPSA) is 67.4 Å². The zero-order valence-electron chi connectivity index (χ0n) is 15.7. The van der Waals surface area contributed by atoms with Crippen LogP contribution >= 0.6 is 11.3 Å². The number of carbonyl (C=O) groups is 1. The molecule has 6 nitrogen and oxygen atoms in total. The summed E-state index contributed by atoms with van der Waals surface area (Å²) in [6.45, 7) is 3.49. The van der Waals surface area contributed by atoms with E-state index in [1.807, 2.05) is 19.2 Å². The smallest absolute Gasteiger partial charge is 0.282 e. The van der Waals surface area contributed by atoms with Crippen molar-refractivity contribution >= 4 is 22.9 Å². The van der Waals surface area contributed by atoms with Gasteiger partial charge in [-0.1, -0.05) is 0 Å². The molecular formula is C19H22F2N4O2S. The minimum atomic E-state index is -2.69. The number of pyridine rings is 1. The van der Waals surface area contributed by atoms with Crippen LogP contribution in [-0.2, 0) is 5.54 Å². The number of rotatable bonds is 7. The largest absolute Gasteiger partial charge is 0.476 e. The SMILES string of the molecule is CC(C)(NC(=O)c1ccc(N2CC(F)(F)C2)c(OCC2CC2)n1)c1nccs1. The van der Waals surface area contributed by atoms with Crippen LogP contribution in [0.3, 0.4) is 0 Å². The zero-order chi connectivity index (χ0) is 19.9. The summed E-state index contributed by atoms with van der Waals surface area (Å²) < 4.78 is 32.4. The minimum Gasteiger partial charge on any atom is -0.476 e. The van der Waals surface area contributed by atoms with E-state index < -0.39 is 11.5 Å². The molecule has 1 aliphatic carbocycles. The highest BCUT2D eigenvalue weighted by Crippen LogP contribution is 2.38. The molecule has 9 heteroatoms. The van der Waals surface area contributed by atoms with Gasteiger partial charge in [0.2, 0.25) is 5.88 Å². The van der Waals surface area contributed by atoms with Crippen molar-refractivity contribution in [1.29, 1.82) is 0 Å². The average molecular weight is 408 g/mol. The van der Waals surface area contributed by atoms with Gasteiger partial charge in [0.1, 0.15) is 16.4 Å². The summed E-state index contributed by atoms with van der Waals surface area (Å²) in [5.74, 6) is -2.34. The number of anilines is 1. The van der Waals surface area contributed by atoms with Crippen LogP contribution in [0, 0.1) is 5.92 Å². The molecule has 0 spiro atoms. The van der Waals surface area contributed by atoms with Gasteiger partial charge in [-0.15, -0.1) is 11.3 Å². The number of hydrogen-bond donors (Lipinski definition) is 1. The molecule has 1 N–H and O–H groups in total. The predicted molar refractivity (Wildman–Crippen MR) is 102 cm³/mol. The number of ether oxygens (including phenoxy) is 1. The summed E-state index contributed by atoms with van der Waals surface area (Å²) in [5, 5.41) is 5.56. The van der Waals surface area contributed by atoms with Gasteiger partial charge in [0.15, 0.2) is 0 Å². The van der Waals surface area contributed by atoms with Crippen molar-refractivity contribution in [1.82, 2.24) is 15.3 Å². The number of nitrogens with zero attached hydrogens (tertiary/aromatic N) is 3. The van der Waals surface area contributed by atoms with E-state index in [1.54, 1.807) is 18.3 Å². The molecule has 0 radical (unpaired) electrons. The van der Waals surface area contributed by atoms with Crippen molar-refractivity contribution in [3.05, 3.63) is 34.4 Å². The number of carbonyl (C=O) groups excluding carboxylic acids is 1. The molecule has 4 rings (SSSR count). The lowest BCUT2D eigenvalue weighted by Crippen LogP contribution is -2.56. The summed E-state index contributed by atoms with van der Waals surface area (Å²) in [5.41, 5.74) is 0.0361. The molecule has 1 aliphatic heterocycles. The average Bonchev–Trinajstić information content (AvgIpc) is 3.26. The summed E-state index contributed by atoms with van der Waals surface area (Å²) >= 11 is 1.46. The molecule has 0 bridgehead atoms. The van der Waals surface area contributed by atoms with Crippen LogP contribution in [0.5, 0.6) is 5.88 Å². The molecule has 1 saturated carbocycles. The molecule has 0 atom stereocenters. The van der Waals surface area contributed by atoms with E-state index in [2.05, 4.69) is 15.3 Å². The number of halogens is 2. The number of hydrogen-bond acceptors (Lipinski definition) is 6. The maximum Gasteiger partial charge on any atom is 0.282 e. The van der Waals surface area contributed by atoms with E-state index in [9.17, 15) is 13.6 Å². The van der Waals surface area contributed by atoms with E-state index in [4.69, 9.17) is 4.74 Å². The standard InChI is InChI=1S/C19H22F2N4O2S/c1-18(2,17-22-7-8-28-17)24-15(26)13-5-6-14(25-10-19(20,21)11-25)16(23-13)27-9-12-3-4-12/h5-8,12H,3-4,9-11H2,1-2H3,(H,24,26). The highest BCUT2D eigenvalue weighted by Gasteiger charge is 2.45. The summed E-state index contributed by atoms with van der Waals surface area (Å²) in [6.07, 6.45) is 3.88. The highest BCUT2D eigenvalue weighted by molar-refractivity contribution is 7.09. The molecule has 1 saturated heterocycles. The maximum atomic E-state index is 13.3. The fourth-order valence-corrected chi connectivity index (χ4v) is 3.72. The number of amides is 1. The summed E-state index contributed by atoms with van der Waals surface area (Å²) in [4.78, 5) is 22.9. The lowest BCUT2D eigenvalue weighted by Gasteiger charge is -2.40. The van der Waals surface area contributed by atoms with Crippen LogP contribution in [0.1, 0.15) is 42.2 Å². The third kappa shape index (κ3) is 4.09. The van der Waals surface area contributed by atoms with E-state index in [1.165, 1.54) is 16.2 Å². The lowest BCUT2D eigenvalue weighted by atomic mass is 10.1. The Morgan fingerprint density at radius 3 is 2.75 bits per heavy atom. The first-order valence-corrected chi connectivity index (χ1v) is 10.1. The van der Waals surface area contributed by atoms with Gasteiger partial charge in [0.05, 0.1) is 25.2 Å². The Hall–Kier alpha value is -2.29. The Balaban J connectivity index is 1.53. The second-order valence-electron chi connectivity index (χ2n) is 7.90. The van der Waals surface area contributed by atoms with Crippen LogP contribution < -0.4 is 15.0 Å². The Morgan fingerprint density at radius 2 is 2.14 bits per heavy atom. The predicted octanol–water partition coefficient (Wildman–Crippen LogP) is 3.45. The molecular weight excluding hydrogens is 386 g/mol. The third-order valence-electron chi connectivity index (χ3n) is 4.80. The Kier molecular flexibility index (Phi) is 4.73. The molecule has 0 aromatic carbocycles. The number of nitrogens with one attached hydrogen (secondary N) is 1. The summed E-state index contributed by atoms with van der Waals surface area (Å²) in [6, 6.07) is 3.18. The number of aromatic nitrogens is 2. The fourth-order valence-electron chi connectivity index (χ4n) is 3.00. The van der Waals surface area contributed by atoms with Gasteiger partial charge < -0.3 is 15.0 Å². The summed E-state index contributed by atoms with van der Waals surface area (Å²) in [7, 11) is 0. The van der Waals surface area contributed by atoms with Gasteiger partial charge >= 0.3 is 0 Å². The molecule has 1 amide bonds. The maximum absolute atomic E-state index is 13.3. The van der Waals surface area contributed by atoms with Crippen molar-refractivity contribution in [2.45, 2.75) is 38.2 Å². The van der Waals surface area contributed by atoms with Gasteiger partial charge in [-0.05, 0) is 44.7 Å². The molecule has 2 aliphatic rings. The molecule has 2 fully saturated rings. The van der Waals surface area contributed by atoms with Crippen LogP contribution in [-0.4, -0.2) is 41.5 Å². The van der Waals surface area contributed by atoms with Gasteiger partial charge in [-0.2, -0.15) is 0 Å². The van der Waals surface area contributed by atoms with E-state index in [-0.39, 0.29) is 30.6 Å². The molecule has 2 aromatic rings. The fraction of sp³-hybridized carbons (Fsp3) is 0.526. The van der Waals surface area contributed by atoms with Crippen LogP contribution in [0.2, 0.25) is 0 Å². The molecule has 0 unspecified atom stereocenters. The lowest BCUT2D eigenvalue weighted by molar-refractivity contribution is -0.0265. The van der Waals surface area contributed by atoms with Crippen molar-refractivity contribution in [2.75, 3.05) is 24.6 Å². The van der Waals surface area contributed by atoms with E-state index in [0.717, 1.165) is 17.8 Å². The monoisotopic (exact) mass is 408 g/mol. The van der Waals surface area contributed by atoms with E-state index >= 15 is 0 Å². The third-order valence-corrected chi connectivity index (χ3v) is 5.90. The number of alkyl halides is 2. The Labute approximate surface area is 165 Å². The normalized spacial score (nSPS) is 18.5. The van der Waals surface area contributed by atoms with E-state index in [0.29, 0.717) is 18.2 Å².